The van der Waals surface area contributed by atoms with E-state index in [1.165, 1.54) is 5.56 Å². The summed E-state index contributed by atoms with van der Waals surface area (Å²) in [5, 5.41) is 8.14. The Hall–Kier alpha value is -2.64. The Balaban J connectivity index is 1.53. The molecular formula is C23H31N5O2. The van der Waals surface area contributed by atoms with Gasteiger partial charge < -0.3 is 14.8 Å². The Morgan fingerprint density at radius 2 is 2.00 bits per heavy atom. The number of rotatable bonds is 8. The summed E-state index contributed by atoms with van der Waals surface area (Å²) in [7, 11) is 1.70. The predicted molar refractivity (Wildman–Crippen MR) is 119 cm³/mol. The maximum atomic E-state index is 5.63. The first kappa shape index (κ1) is 20.6. The van der Waals surface area contributed by atoms with Crippen LogP contribution in [-0.4, -0.2) is 66.0 Å². The normalized spacial score (nSPS) is 15.1. The number of ether oxygens (including phenoxy) is 2. The molecule has 0 unspecified atom stereocenters. The third-order valence-electron chi connectivity index (χ3n) is 5.64. The fourth-order valence-electron chi connectivity index (χ4n) is 3.85. The van der Waals surface area contributed by atoms with Crippen molar-refractivity contribution in [2.24, 2.45) is 0 Å². The van der Waals surface area contributed by atoms with E-state index in [0.29, 0.717) is 5.92 Å². The first-order chi connectivity index (χ1) is 14.7. The first-order valence-electron chi connectivity index (χ1n) is 10.7. The van der Waals surface area contributed by atoms with Gasteiger partial charge in [-0.25, -0.2) is 4.98 Å². The van der Waals surface area contributed by atoms with Gasteiger partial charge in [-0.3, -0.25) is 4.90 Å². The van der Waals surface area contributed by atoms with Crippen LogP contribution in [0.15, 0.2) is 36.7 Å². The van der Waals surface area contributed by atoms with E-state index in [9.17, 15) is 0 Å². The Morgan fingerprint density at radius 1 is 1.17 bits per heavy atom. The molecule has 7 nitrogen and oxygen atoms in total. The van der Waals surface area contributed by atoms with Crippen molar-refractivity contribution in [2.45, 2.75) is 26.2 Å². The average Bonchev–Trinajstić information content (AvgIpc) is 3.21. The molecule has 3 heterocycles. The summed E-state index contributed by atoms with van der Waals surface area (Å²) in [6.45, 7) is 10.1. The highest BCUT2D eigenvalue weighted by Gasteiger charge is 2.16. The van der Waals surface area contributed by atoms with Crippen molar-refractivity contribution in [1.82, 2.24) is 19.5 Å². The van der Waals surface area contributed by atoms with Gasteiger partial charge in [0.25, 0.3) is 0 Å². The summed E-state index contributed by atoms with van der Waals surface area (Å²) in [6.07, 6.45) is 4.79. The minimum atomic E-state index is 0.438. The molecule has 0 aliphatic carbocycles. The van der Waals surface area contributed by atoms with Crippen molar-refractivity contribution in [1.29, 1.82) is 0 Å². The molecule has 1 fully saturated rings. The van der Waals surface area contributed by atoms with E-state index in [4.69, 9.17) is 9.47 Å². The minimum Gasteiger partial charge on any atom is -0.496 e. The summed E-state index contributed by atoms with van der Waals surface area (Å²) >= 11 is 0. The molecule has 2 aromatic heterocycles. The molecule has 1 aliphatic rings. The van der Waals surface area contributed by atoms with E-state index in [0.717, 1.165) is 74.2 Å². The van der Waals surface area contributed by atoms with E-state index >= 15 is 0 Å². The highest BCUT2D eigenvalue weighted by Crippen LogP contribution is 2.35. The number of nitrogens with one attached hydrogen (secondary N) is 1. The smallest absolute Gasteiger partial charge is 0.165 e. The number of benzene rings is 1. The molecule has 0 radical (unpaired) electrons. The molecule has 0 bridgehead atoms. The first-order valence-corrected chi connectivity index (χ1v) is 10.7. The number of morpholine rings is 1. The lowest BCUT2D eigenvalue weighted by atomic mass is 9.97. The predicted octanol–water partition coefficient (Wildman–Crippen LogP) is 3.66. The van der Waals surface area contributed by atoms with Gasteiger partial charge in [0.2, 0.25) is 0 Å². The average molecular weight is 410 g/mol. The monoisotopic (exact) mass is 409 g/mol. The molecule has 4 rings (SSSR count). The third kappa shape index (κ3) is 4.42. The molecule has 0 amide bonds. The molecule has 3 aromatic rings. The van der Waals surface area contributed by atoms with Crippen molar-refractivity contribution >= 4 is 11.5 Å². The van der Waals surface area contributed by atoms with Crippen LogP contribution in [0.3, 0.4) is 0 Å². The van der Waals surface area contributed by atoms with Gasteiger partial charge in [0.15, 0.2) is 5.65 Å². The topological polar surface area (TPSA) is 63.9 Å². The number of nitrogens with zero attached hydrogens (tertiary/aromatic N) is 4. The van der Waals surface area contributed by atoms with Gasteiger partial charge in [-0.2, -0.15) is 9.61 Å². The Labute approximate surface area is 178 Å². The van der Waals surface area contributed by atoms with E-state index in [-0.39, 0.29) is 0 Å². The van der Waals surface area contributed by atoms with E-state index < -0.39 is 0 Å². The molecule has 160 valence electrons. The van der Waals surface area contributed by atoms with E-state index in [1.807, 2.05) is 29.0 Å². The maximum absolute atomic E-state index is 5.63. The fraction of sp³-hybridized carbons (Fsp3) is 0.478. The standard InChI is InChI=1S/C23H31N5O2/c1-17(2)18-5-6-21(29-3)19(15-18)20-16-26-28-22(7-9-25-23(20)28)24-8-4-10-27-11-13-30-14-12-27/h5-7,9,15-17,24H,4,8,10-14H2,1-3H3. The molecule has 1 saturated heterocycles. The molecule has 7 heteroatoms. The van der Waals surface area contributed by atoms with Crippen LogP contribution in [0.2, 0.25) is 0 Å². The van der Waals surface area contributed by atoms with Crippen LogP contribution in [0.1, 0.15) is 31.7 Å². The zero-order valence-corrected chi connectivity index (χ0v) is 18.1. The van der Waals surface area contributed by atoms with Crippen LogP contribution >= 0.6 is 0 Å². The molecule has 0 saturated carbocycles. The fourth-order valence-corrected chi connectivity index (χ4v) is 3.85. The Morgan fingerprint density at radius 3 is 2.77 bits per heavy atom. The number of hydrogen-bond acceptors (Lipinski definition) is 6. The molecule has 0 spiro atoms. The van der Waals surface area contributed by atoms with Gasteiger partial charge in [0.05, 0.1) is 32.1 Å². The van der Waals surface area contributed by atoms with Crippen molar-refractivity contribution < 1.29 is 9.47 Å². The molecule has 0 atom stereocenters. The maximum Gasteiger partial charge on any atom is 0.165 e. The largest absolute Gasteiger partial charge is 0.496 e. The Bertz CT molecular complexity index is 979. The third-order valence-corrected chi connectivity index (χ3v) is 5.64. The molecular weight excluding hydrogens is 378 g/mol. The van der Waals surface area contributed by atoms with Gasteiger partial charge in [-0.05, 0) is 42.6 Å². The summed E-state index contributed by atoms with van der Waals surface area (Å²) in [5.74, 6) is 2.22. The zero-order valence-electron chi connectivity index (χ0n) is 18.1. The number of methoxy groups -OCH3 is 1. The van der Waals surface area contributed by atoms with Crippen LogP contribution in [-0.2, 0) is 4.74 Å². The van der Waals surface area contributed by atoms with Gasteiger partial charge in [0, 0.05) is 31.4 Å². The summed E-state index contributed by atoms with van der Waals surface area (Å²) < 4.78 is 12.9. The summed E-state index contributed by atoms with van der Waals surface area (Å²) in [5.41, 5.74) is 4.09. The van der Waals surface area contributed by atoms with Crippen molar-refractivity contribution in [3.63, 3.8) is 0 Å². The zero-order chi connectivity index (χ0) is 20.9. The molecule has 1 aromatic carbocycles. The second kappa shape index (κ2) is 9.45. The van der Waals surface area contributed by atoms with Crippen molar-refractivity contribution in [3.8, 4) is 16.9 Å². The van der Waals surface area contributed by atoms with Crippen LogP contribution in [0.4, 0.5) is 5.82 Å². The van der Waals surface area contributed by atoms with Crippen LogP contribution in [0, 0.1) is 0 Å². The SMILES string of the molecule is COc1ccc(C(C)C)cc1-c1cnn2c(NCCCN3CCOCC3)ccnc12. The van der Waals surface area contributed by atoms with Gasteiger partial charge in [-0.15, -0.1) is 0 Å². The highest BCUT2D eigenvalue weighted by molar-refractivity contribution is 5.82. The number of aromatic nitrogens is 3. The number of hydrogen-bond donors (Lipinski definition) is 1. The van der Waals surface area contributed by atoms with Gasteiger partial charge >= 0.3 is 0 Å². The lowest BCUT2D eigenvalue weighted by molar-refractivity contribution is 0.0378. The number of fused-ring (bicyclic) bond motifs is 1. The van der Waals surface area contributed by atoms with E-state index in [2.05, 4.69) is 46.3 Å². The second-order valence-corrected chi connectivity index (χ2v) is 7.97. The molecule has 1 aliphatic heterocycles. The van der Waals surface area contributed by atoms with Gasteiger partial charge in [-0.1, -0.05) is 19.9 Å². The second-order valence-electron chi connectivity index (χ2n) is 7.97. The number of anilines is 1. The summed E-state index contributed by atoms with van der Waals surface area (Å²) in [6, 6.07) is 8.31. The van der Waals surface area contributed by atoms with Gasteiger partial charge in [0.1, 0.15) is 11.6 Å². The van der Waals surface area contributed by atoms with Crippen LogP contribution in [0.5, 0.6) is 5.75 Å². The highest BCUT2D eigenvalue weighted by atomic mass is 16.5. The van der Waals surface area contributed by atoms with Crippen molar-refractivity contribution in [3.05, 3.63) is 42.2 Å². The summed E-state index contributed by atoms with van der Waals surface area (Å²) in [4.78, 5) is 7.06. The quantitative estimate of drug-likeness (QED) is 0.573. The molecule has 30 heavy (non-hydrogen) atoms. The van der Waals surface area contributed by atoms with Crippen LogP contribution in [0.25, 0.3) is 16.8 Å². The van der Waals surface area contributed by atoms with Crippen molar-refractivity contribution in [2.75, 3.05) is 51.8 Å². The minimum absolute atomic E-state index is 0.438. The Kier molecular flexibility index (Phi) is 6.50. The lowest BCUT2D eigenvalue weighted by Crippen LogP contribution is -2.37. The molecule has 1 N–H and O–H groups in total. The van der Waals surface area contributed by atoms with E-state index in [1.54, 1.807) is 7.11 Å². The lowest BCUT2D eigenvalue weighted by Gasteiger charge is -2.26. The van der Waals surface area contributed by atoms with Crippen LogP contribution < -0.4 is 10.1 Å².